The first-order chi connectivity index (χ1) is 16.2. The Kier molecular flexibility index (Phi) is 5.07. The van der Waals surface area contributed by atoms with Crippen molar-refractivity contribution in [2.45, 2.75) is 18.9 Å². The Bertz CT molecular complexity index is 1280. The van der Waals surface area contributed by atoms with Crippen molar-refractivity contribution in [3.63, 3.8) is 0 Å². The van der Waals surface area contributed by atoms with Gasteiger partial charge in [-0.3, -0.25) is 4.79 Å². The number of para-hydroxylation sites is 2. The lowest BCUT2D eigenvalue weighted by Gasteiger charge is -2.44. The zero-order chi connectivity index (χ0) is 22.2. The first kappa shape index (κ1) is 20.0. The minimum atomic E-state index is -0.0780. The van der Waals surface area contributed by atoms with E-state index in [4.69, 9.17) is 9.15 Å². The van der Waals surface area contributed by atoms with Gasteiger partial charge in [0.25, 0.3) is 5.91 Å². The number of benzene rings is 3. The number of oxazole rings is 1. The van der Waals surface area contributed by atoms with Gasteiger partial charge in [0.15, 0.2) is 5.58 Å². The van der Waals surface area contributed by atoms with E-state index in [9.17, 15) is 4.79 Å². The molecule has 1 amide bonds. The largest absolute Gasteiger partial charge is 0.457 e. The molecule has 4 aromatic rings. The molecule has 3 fully saturated rings. The van der Waals surface area contributed by atoms with Crippen molar-refractivity contribution in [3.05, 3.63) is 78.4 Å². The summed E-state index contributed by atoms with van der Waals surface area (Å²) >= 11 is 0. The second kappa shape index (κ2) is 8.37. The molecule has 33 heavy (non-hydrogen) atoms. The summed E-state index contributed by atoms with van der Waals surface area (Å²) in [6.45, 7) is 3.23. The van der Waals surface area contributed by atoms with Crippen LogP contribution in [-0.2, 0) is 0 Å². The van der Waals surface area contributed by atoms with Gasteiger partial charge >= 0.3 is 0 Å². The van der Waals surface area contributed by atoms with Gasteiger partial charge in [-0.15, -0.1) is 0 Å². The van der Waals surface area contributed by atoms with E-state index in [-0.39, 0.29) is 11.9 Å². The lowest BCUT2D eigenvalue weighted by atomic mass is 9.84. The van der Waals surface area contributed by atoms with Gasteiger partial charge in [-0.1, -0.05) is 24.3 Å². The number of amides is 1. The minimum Gasteiger partial charge on any atom is -0.457 e. The zero-order valence-corrected chi connectivity index (χ0v) is 18.2. The van der Waals surface area contributed by atoms with Crippen LogP contribution in [0, 0.1) is 5.92 Å². The Morgan fingerprint density at radius 3 is 2.42 bits per heavy atom. The second-order valence-electron chi connectivity index (χ2n) is 8.83. The molecule has 3 aromatic carbocycles. The molecule has 6 nitrogen and oxygen atoms in total. The lowest BCUT2D eigenvalue weighted by molar-refractivity contribution is 0.0621. The van der Waals surface area contributed by atoms with Crippen molar-refractivity contribution < 1.29 is 13.9 Å². The third-order valence-electron chi connectivity index (χ3n) is 6.72. The number of hydrogen-bond donors (Lipinski definition) is 1. The van der Waals surface area contributed by atoms with Crippen molar-refractivity contribution in [2.24, 2.45) is 5.92 Å². The molecule has 3 aliphatic rings. The number of aromatic nitrogens is 1. The highest BCUT2D eigenvalue weighted by Gasteiger charge is 2.35. The Balaban J connectivity index is 1.23. The molecular formula is C27H25N3O3. The summed E-state index contributed by atoms with van der Waals surface area (Å²) < 4.78 is 11.9. The summed E-state index contributed by atoms with van der Waals surface area (Å²) in [6.07, 6.45) is 2.32. The summed E-state index contributed by atoms with van der Waals surface area (Å²) in [7, 11) is 0. The lowest BCUT2D eigenvalue weighted by Crippen LogP contribution is -2.57. The third-order valence-corrected chi connectivity index (χ3v) is 6.72. The van der Waals surface area contributed by atoms with Crippen molar-refractivity contribution in [2.75, 3.05) is 19.6 Å². The highest BCUT2D eigenvalue weighted by Crippen LogP contribution is 2.30. The van der Waals surface area contributed by atoms with E-state index >= 15 is 0 Å². The summed E-state index contributed by atoms with van der Waals surface area (Å²) in [5, 5.41) is 3.26. The molecule has 1 unspecified atom stereocenters. The monoisotopic (exact) mass is 439 g/mol. The van der Waals surface area contributed by atoms with E-state index in [2.05, 4.69) is 15.2 Å². The smallest absolute Gasteiger partial charge is 0.253 e. The Morgan fingerprint density at radius 2 is 1.70 bits per heavy atom. The maximum Gasteiger partial charge on any atom is 0.253 e. The molecule has 4 heterocycles. The predicted octanol–water partition coefficient (Wildman–Crippen LogP) is 5.11. The van der Waals surface area contributed by atoms with Gasteiger partial charge in [0, 0.05) is 18.2 Å². The van der Waals surface area contributed by atoms with Crippen LogP contribution < -0.4 is 10.1 Å². The van der Waals surface area contributed by atoms with E-state index < -0.39 is 0 Å². The first-order valence-electron chi connectivity index (χ1n) is 11.5. The summed E-state index contributed by atoms with van der Waals surface area (Å²) in [4.78, 5) is 20.3. The van der Waals surface area contributed by atoms with Gasteiger partial charge in [-0.2, -0.15) is 0 Å². The van der Waals surface area contributed by atoms with Crippen molar-refractivity contribution in [1.29, 1.82) is 0 Å². The highest BCUT2D eigenvalue weighted by molar-refractivity contribution is 6.05. The number of nitrogens with zero attached hydrogens (tertiary/aromatic N) is 2. The Hall–Kier alpha value is -3.64. The number of piperidine rings is 3. The van der Waals surface area contributed by atoms with Gasteiger partial charge in [-0.25, -0.2) is 4.98 Å². The SMILES string of the molecule is O=C(NC1CN2CCC1CC2)c1cccc2oc(-c3ccc(Oc4ccccc4)cc3)nc12. The van der Waals surface area contributed by atoms with Gasteiger partial charge in [0.05, 0.1) is 5.56 Å². The van der Waals surface area contributed by atoms with Crippen LogP contribution in [0.2, 0.25) is 0 Å². The molecule has 1 aromatic heterocycles. The molecule has 0 saturated carbocycles. The van der Waals surface area contributed by atoms with Gasteiger partial charge < -0.3 is 19.4 Å². The molecule has 0 radical (unpaired) electrons. The van der Waals surface area contributed by atoms with Crippen molar-refractivity contribution in [1.82, 2.24) is 15.2 Å². The fourth-order valence-electron chi connectivity index (χ4n) is 4.92. The fourth-order valence-corrected chi connectivity index (χ4v) is 4.92. The number of carbonyl (C=O) groups is 1. The van der Waals surface area contributed by atoms with E-state index in [0.29, 0.717) is 28.5 Å². The number of fused-ring (bicyclic) bond motifs is 4. The Labute approximate surface area is 192 Å². The summed E-state index contributed by atoms with van der Waals surface area (Å²) in [5.74, 6) is 2.50. The molecule has 1 atom stereocenters. The van der Waals surface area contributed by atoms with Crippen LogP contribution in [0.5, 0.6) is 11.5 Å². The second-order valence-corrected chi connectivity index (χ2v) is 8.83. The summed E-state index contributed by atoms with van der Waals surface area (Å²) in [5.41, 5.74) is 2.59. The molecule has 7 rings (SSSR count). The standard InChI is InChI=1S/C27H25N3O3/c31-26(28-23-17-30-15-13-18(23)14-16-30)22-7-4-8-24-25(22)29-27(33-24)19-9-11-21(12-10-19)32-20-5-2-1-3-6-20/h1-12,18,23H,13-17H2,(H,28,31). The Morgan fingerprint density at radius 1 is 0.939 bits per heavy atom. The minimum absolute atomic E-state index is 0.0780. The maximum absolute atomic E-state index is 13.1. The van der Waals surface area contributed by atoms with E-state index in [1.165, 1.54) is 0 Å². The molecule has 1 N–H and O–H groups in total. The number of ether oxygens (including phenoxy) is 1. The predicted molar refractivity (Wildman–Crippen MR) is 126 cm³/mol. The molecule has 0 spiro atoms. The highest BCUT2D eigenvalue weighted by atomic mass is 16.5. The topological polar surface area (TPSA) is 67.6 Å². The molecule has 3 saturated heterocycles. The third kappa shape index (κ3) is 3.98. The number of rotatable bonds is 5. The molecule has 6 heteroatoms. The van der Waals surface area contributed by atoms with Crippen LogP contribution in [0.1, 0.15) is 23.2 Å². The number of nitrogens with one attached hydrogen (secondary N) is 1. The van der Waals surface area contributed by atoms with Crippen LogP contribution in [0.25, 0.3) is 22.6 Å². The summed E-state index contributed by atoms with van der Waals surface area (Å²) in [6, 6.07) is 23.0. The first-order valence-corrected chi connectivity index (χ1v) is 11.5. The van der Waals surface area contributed by atoms with Crippen LogP contribution in [0.4, 0.5) is 0 Å². The van der Waals surface area contributed by atoms with Crippen LogP contribution >= 0.6 is 0 Å². The quantitative estimate of drug-likeness (QED) is 0.468. The van der Waals surface area contributed by atoms with Crippen molar-refractivity contribution >= 4 is 17.0 Å². The molecular weight excluding hydrogens is 414 g/mol. The van der Waals surface area contributed by atoms with Gasteiger partial charge in [0.1, 0.15) is 17.0 Å². The molecule has 2 bridgehead atoms. The average molecular weight is 440 g/mol. The van der Waals surface area contributed by atoms with E-state index in [1.807, 2.05) is 72.8 Å². The van der Waals surface area contributed by atoms with Crippen LogP contribution in [0.15, 0.2) is 77.2 Å². The van der Waals surface area contributed by atoms with Crippen LogP contribution in [0.3, 0.4) is 0 Å². The molecule has 0 aliphatic carbocycles. The zero-order valence-electron chi connectivity index (χ0n) is 18.2. The average Bonchev–Trinajstić information content (AvgIpc) is 3.30. The van der Waals surface area contributed by atoms with Gasteiger partial charge in [0.2, 0.25) is 5.89 Å². The number of hydrogen-bond acceptors (Lipinski definition) is 5. The van der Waals surface area contributed by atoms with E-state index in [0.717, 1.165) is 49.5 Å². The van der Waals surface area contributed by atoms with Crippen LogP contribution in [-0.4, -0.2) is 41.5 Å². The molecule has 3 aliphatic heterocycles. The van der Waals surface area contributed by atoms with Gasteiger partial charge in [-0.05, 0) is 80.4 Å². The normalized spacial score (nSPS) is 21.8. The molecule has 166 valence electrons. The maximum atomic E-state index is 13.1. The number of carbonyl (C=O) groups excluding carboxylic acids is 1. The van der Waals surface area contributed by atoms with E-state index in [1.54, 1.807) is 0 Å². The van der Waals surface area contributed by atoms with Crippen molar-refractivity contribution in [3.8, 4) is 23.0 Å². The fraction of sp³-hybridized carbons (Fsp3) is 0.259.